The quantitative estimate of drug-likeness (QED) is 0.694. The second-order valence-electron chi connectivity index (χ2n) is 6.30. The molecule has 0 radical (unpaired) electrons. The van der Waals surface area contributed by atoms with E-state index >= 15 is 0 Å². The van der Waals surface area contributed by atoms with Gasteiger partial charge in [-0.2, -0.15) is 0 Å². The molecular formula is C21H22N4O2. The van der Waals surface area contributed by atoms with Crippen molar-refractivity contribution in [3.63, 3.8) is 0 Å². The van der Waals surface area contributed by atoms with Crippen molar-refractivity contribution in [1.29, 1.82) is 0 Å². The predicted molar refractivity (Wildman–Crippen MR) is 106 cm³/mol. The summed E-state index contributed by atoms with van der Waals surface area (Å²) >= 11 is 0. The lowest BCUT2D eigenvalue weighted by molar-refractivity contribution is 0.102. The lowest BCUT2D eigenvalue weighted by atomic mass is 10.1. The number of rotatable bonds is 6. The highest BCUT2D eigenvalue weighted by molar-refractivity contribution is 6.03. The van der Waals surface area contributed by atoms with Crippen LogP contribution in [0.15, 0.2) is 54.6 Å². The van der Waals surface area contributed by atoms with Crippen molar-refractivity contribution >= 4 is 17.4 Å². The molecular weight excluding hydrogens is 340 g/mol. The maximum atomic E-state index is 12.4. The van der Waals surface area contributed by atoms with Gasteiger partial charge in [0.05, 0.1) is 12.8 Å². The number of amides is 1. The van der Waals surface area contributed by atoms with Crippen molar-refractivity contribution in [1.82, 2.24) is 10.2 Å². The van der Waals surface area contributed by atoms with E-state index in [1.165, 1.54) is 5.56 Å². The summed E-state index contributed by atoms with van der Waals surface area (Å²) in [6.07, 6.45) is 0. The molecule has 6 nitrogen and oxygen atoms in total. The predicted octanol–water partition coefficient (Wildman–Crippen LogP) is 3.97. The average Bonchev–Trinajstić information content (AvgIpc) is 2.68. The van der Waals surface area contributed by atoms with E-state index in [9.17, 15) is 4.79 Å². The highest BCUT2D eigenvalue weighted by Gasteiger charge is 2.12. The Balaban J connectivity index is 1.63. The van der Waals surface area contributed by atoms with Gasteiger partial charge in [-0.25, -0.2) is 0 Å². The van der Waals surface area contributed by atoms with Gasteiger partial charge >= 0.3 is 0 Å². The van der Waals surface area contributed by atoms with Gasteiger partial charge in [0.15, 0.2) is 5.69 Å². The summed E-state index contributed by atoms with van der Waals surface area (Å²) in [6, 6.07) is 17.2. The lowest BCUT2D eigenvalue weighted by Crippen LogP contribution is -2.15. The first-order valence-electron chi connectivity index (χ1n) is 8.64. The number of methoxy groups -OCH3 is 1. The fourth-order valence-corrected chi connectivity index (χ4v) is 2.55. The molecule has 0 aliphatic rings. The van der Waals surface area contributed by atoms with Crippen LogP contribution in [0.1, 0.15) is 27.2 Å². The first-order valence-corrected chi connectivity index (χ1v) is 8.64. The molecule has 0 spiro atoms. The smallest absolute Gasteiger partial charge is 0.276 e. The minimum absolute atomic E-state index is 0.236. The number of nitrogens with one attached hydrogen (secondary N) is 2. The SMILES string of the molecule is COc1ccc(C)cc1NC(=O)c1ccc(NCc2ccc(C)cc2)nn1. The zero-order valence-corrected chi connectivity index (χ0v) is 15.6. The third kappa shape index (κ3) is 4.82. The molecule has 138 valence electrons. The molecule has 0 aliphatic heterocycles. The van der Waals surface area contributed by atoms with Crippen molar-refractivity contribution in [2.45, 2.75) is 20.4 Å². The third-order valence-corrected chi connectivity index (χ3v) is 4.09. The number of anilines is 2. The molecule has 0 saturated heterocycles. The van der Waals surface area contributed by atoms with E-state index < -0.39 is 0 Å². The number of hydrogen-bond donors (Lipinski definition) is 2. The van der Waals surface area contributed by atoms with Gasteiger partial charge in [-0.1, -0.05) is 35.9 Å². The molecule has 2 aromatic carbocycles. The fraction of sp³-hybridized carbons (Fsp3) is 0.190. The van der Waals surface area contributed by atoms with Gasteiger partial charge < -0.3 is 15.4 Å². The van der Waals surface area contributed by atoms with Crippen LogP contribution in [0.4, 0.5) is 11.5 Å². The van der Waals surface area contributed by atoms with Gasteiger partial charge in [-0.15, -0.1) is 10.2 Å². The average molecular weight is 362 g/mol. The van der Waals surface area contributed by atoms with Crippen molar-refractivity contribution in [2.75, 3.05) is 17.7 Å². The minimum Gasteiger partial charge on any atom is -0.495 e. The Morgan fingerprint density at radius 2 is 1.70 bits per heavy atom. The van der Waals surface area contributed by atoms with Gasteiger partial charge in [-0.3, -0.25) is 4.79 Å². The van der Waals surface area contributed by atoms with Crippen LogP contribution in [0.3, 0.4) is 0 Å². The highest BCUT2D eigenvalue weighted by Crippen LogP contribution is 2.25. The zero-order valence-electron chi connectivity index (χ0n) is 15.6. The summed E-state index contributed by atoms with van der Waals surface area (Å²) < 4.78 is 5.28. The molecule has 1 aromatic heterocycles. The fourth-order valence-electron chi connectivity index (χ4n) is 2.55. The van der Waals surface area contributed by atoms with Crippen molar-refractivity contribution in [3.05, 3.63) is 77.0 Å². The number of nitrogens with zero attached hydrogens (tertiary/aromatic N) is 2. The number of aromatic nitrogens is 2. The number of carbonyl (C=O) groups excluding carboxylic acids is 1. The molecule has 0 saturated carbocycles. The summed E-state index contributed by atoms with van der Waals surface area (Å²) in [7, 11) is 1.56. The van der Waals surface area contributed by atoms with Crippen LogP contribution in [0.5, 0.6) is 5.75 Å². The van der Waals surface area contributed by atoms with E-state index in [1.54, 1.807) is 19.2 Å². The summed E-state index contributed by atoms with van der Waals surface area (Å²) in [5, 5.41) is 14.1. The molecule has 1 amide bonds. The Labute approximate surface area is 158 Å². The topological polar surface area (TPSA) is 76.1 Å². The summed E-state index contributed by atoms with van der Waals surface area (Å²) in [5.41, 5.74) is 4.23. The van der Waals surface area contributed by atoms with E-state index in [1.807, 2.05) is 25.1 Å². The first kappa shape index (κ1) is 18.4. The molecule has 2 N–H and O–H groups in total. The highest BCUT2D eigenvalue weighted by atomic mass is 16.5. The number of carbonyl (C=O) groups is 1. The normalized spacial score (nSPS) is 10.3. The second-order valence-corrected chi connectivity index (χ2v) is 6.30. The molecule has 0 aliphatic carbocycles. The molecule has 1 heterocycles. The van der Waals surface area contributed by atoms with Crippen LogP contribution in [-0.2, 0) is 6.54 Å². The van der Waals surface area contributed by atoms with Crippen LogP contribution in [0.2, 0.25) is 0 Å². The van der Waals surface area contributed by atoms with Gasteiger partial charge in [0.1, 0.15) is 11.6 Å². The summed E-state index contributed by atoms with van der Waals surface area (Å²) in [5.74, 6) is 0.870. The van der Waals surface area contributed by atoms with Crippen LogP contribution < -0.4 is 15.4 Å². The van der Waals surface area contributed by atoms with Crippen LogP contribution in [-0.4, -0.2) is 23.2 Å². The third-order valence-electron chi connectivity index (χ3n) is 4.09. The van der Waals surface area contributed by atoms with Crippen molar-refractivity contribution in [3.8, 4) is 5.75 Å². The van der Waals surface area contributed by atoms with E-state index in [4.69, 9.17) is 4.74 Å². The van der Waals surface area contributed by atoms with E-state index in [0.717, 1.165) is 11.1 Å². The van der Waals surface area contributed by atoms with Crippen LogP contribution in [0.25, 0.3) is 0 Å². The number of ether oxygens (including phenoxy) is 1. The molecule has 0 fully saturated rings. The Hall–Kier alpha value is -3.41. The molecule has 27 heavy (non-hydrogen) atoms. The molecule has 3 aromatic rings. The Bertz CT molecular complexity index is 922. The molecule has 0 unspecified atom stereocenters. The molecule has 6 heteroatoms. The van der Waals surface area contributed by atoms with E-state index in [2.05, 4.69) is 52.0 Å². The van der Waals surface area contributed by atoms with Gasteiger partial charge in [0, 0.05) is 6.54 Å². The van der Waals surface area contributed by atoms with Gasteiger partial charge in [0.2, 0.25) is 0 Å². The number of hydrogen-bond acceptors (Lipinski definition) is 5. The Morgan fingerprint density at radius 3 is 2.37 bits per heavy atom. The number of aryl methyl sites for hydroxylation is 2. The molecule has 0 bridgehead atoms. The molecule has 3 rings (SSSR count). The maximum absolute atomic E-state index is 12.4. The Morgan fingerprint density at radius 1 is 0.963 bits per heavy atom. The summed E-state index contributed by atoms with van der Waals surface area (Å²) in [6.45, 7) is 4.64. The van der Waals surface area contributed by atoms with Crippen molar-refractivity contribution in [2.24, 2.45) is 0 Å². The zero-order chi connectivity index (χ0) is 19.2. The monoisotopic (exact) mass is 362 g/mol. The van der Waals surface area contributed by atoms with Crippen LogP contribution in [0, 0.1) is 13.8 Å². The summed E-state index contributed by atoms with van der Waals surface area (Å²) in [4.78, 5) is 12.4. The van der Waals surface area contributed by atoms with E-state index in [-0.39, 0.29) is 11.6 Å². The molecule has 0 atom stereocenters. The van der Waals surface area contributed by atoms with Gasteiger partial charge in [-0.05, 0) is 49.2 Å². The largest absolute Gasteiger partial charge is 0.495 e. The lowest BCUT2D eigenvalue weighted by Gasteiger charge is -2.11. The first-order chi connectivity index (χ1) is 13.0. The Kier molecular flexibility index (Phi) is 5.66. The van der Waals surface area contributed by atoms with Crippen molar-refractivity contribution < 1.29 is 9.53 Å². The van der Waals surface area contributed by atoms with E-state index in [0.29, 0.717) is 23.8 Å². The standard InChI is InChI=1S/C21H22N4O2/c1-14-4-7-16(8-5-14)13-22-20-11-9-17(24-25-20)21(26)23-18-12-15(2)6-10-19(18)27-3/h4-12H,13H2,1-3H3,(H,22,25)(H,23,26). The second kappa shape index (κ2) is 8.31. The van der Waals surface area contributed by atoms with Gasteiger partial charge in [0.25, 0.3) is 5.91 Å². The maximum Gasteiger partial charge on any atom is 0.276 e. The number of benzene rings is 2. The van der Waals surface area contributed by atoms with Crippen LogP contribution >= 0.6 is 0 Å². The minimum atomic E-state index is -0.337.